The van der Waals surface area contributed by atoms with Crippen molar-refractivity contribution in [1.29, 1.82) is 0 Å². The van der Waals surface area contributed by atoms with Crippen molar-refractivity contribution in [3.8, 4) is 0 Å². The number of ether oxygens (including phenoxy) is 1. The average Bonchev–Trinajstić information content (AvgIpc) is 2.65. The quantitative estimate of drug-likeness (QED) is 0.805. The van der Waals surface area contributed by atoms with Crippen molar-refractivity contribution in [2.75, 3.05) is 6.61 Å². The lowest BCUT2D eigenvalue weighted by Crippen LogP contribution is -2.40. The van der Waals surface area contributed by atoms with E-state index in [4.69, 9.17) is 4.74 Å². The first-order valence-corrected chi connectivity index (χ1v) is 6.53. The van der Waals surface area contributed by atoms with Gasteiger partial charge in [-0.1, -0.05) is 6.92 Å². The Bertz CT molecular complexity index is 422. The smallest absolute Gasteiger partial charge is 0.341 e. The number of hydrogen-bond donors (Lipinski definition) is 1. The predicted molar refractivity (Wildman–Crippen MR) is 68.2 cm³/mol. The van der Waals surface area contributed by atoms with Crippen LogP contribution in [0.25, 0.3) is 0 Å². The highest BCUT2D eigenvalue weighted by Gasteiger charge is 2.25. The maximum atomic E-state index is 11.8. The Morgan fingerprint density at radius 3 is 2.94 bits per heavy atom. The molecule has 18 heavy (non-hydrogen) atoms. The van der Waals surface area contributed by atoms with Crippen LogP contribution in [-0.4, -0.2) is 28.4 Å². The first-order chi connectivity index (χ1) is 8.61. The summed E-state index contributed by atoms with van der Waals surface area (Å²) in [5.74, 6) is 0.531. The molecule has 1 aliphatic carbocycles. The van der Waals surface area contributed by atoms with Crippen molar-refractivity contribution in [3.63, 3.8) is 0 Å². The maximum Gasteiger partial charge on any atom is 0.341 e. The van der Waals surface area contributed by atoms with Crippen LogP contribution in [0.15, 0.2) is 6.20 Å². The fourth-order valence-electron chi connectivity index (χ4n) is 2.36. The molecule has 0 amide bonds. The van der Waals surface area contributed by atoms with Crippen LogP contribution >= 0.6 is 0 Å². The molecule has 5 nitrogen and oxygen atoms in total. The van der Waals surface area contributed by atoms with Crippen LogP contribution in [-0.2, 0) is 18.3 Å². The minimum Gasteiger partial charge on any atom is -0.462 e. The molecule has 1 saturated carbocycles. The highest BCUT2D eigenvalue weighted by atomic mass is 16.5. The Balaban J connectivity index is 1.98. The molecule has 0 unspecified atom stereocenters. The Kier molecular flexibility index (Phi) is 4.01. The summed E-state index contributed by atoms with van der Waals surface area (Å²) >= 11 is 0. The molecule has 1 aliphatic rings. The van der Waals surface area contributed by atoms with E-state index in [1.54, 1.807) is 10.9 Å². The molecule has 100 valence electrons. The number of hydrogen-bond acceptors (Lipinski definition) is 4. The molecule has 0 bridgehead atoms. The van der Waals surface area contributed by atoms with E-state index in [1.807, 2.05) is 14.0 Å². The third kappa shape index (κ3) is 2.72. The molecule has 1 heterocycles. The summed E-state index contributed by atoms with van der Waals surface area (Å²) in [5.41, 5.74) is 1.47. The van der Waals surface area contributed by atoms with Gasteiger partial charge in [-0.2, -0.15) is 5.10 Å². The summed E-state index contributed by atoms with van der Waals surface area (Å²) in [7, 11) is 1.85. The Hall–Kier alpha value is -1.36. The predicted octanol–water partition coefficient (Wildman–Crippen LogP) is 1.48. The van der Waals surface area contributed by atoms with Gasteiger partial charge in [0.25, 0.3) is 0 Å². The van der Waals surface area contributed by atoms with Gasteiger partial charge in [0, 0.05) is 19.6 Å². The summed E-state index contributed by atoms with van der Waals surface area (Å²) in [6.45, 7) is 5.12. The fourth-order valence-corrected chi connectivity index (χ4v) is 2.36. The van der Waals surface area contributed by atoms with Gasteiger partial charge in [-0.15, -0.1) is 0 Å². The van der Waals surface area contributed by atoms with Gasteiger partial charge < -0.3 is 10.1 Å². The van der Waals surface area contributed by atoms with Gasteiger partial charge in [0.05, 0.1) is 18.5 Å². The molecule has 0 saturated heterocycles. The van der Waals surface area contributed by atoms with E-state index in [-0.39, 0.29) is 5.97 Å². The standard InChI is InChI=1S/C13H21N3O2/c1-4-18-13(17)11-7-15-16(3)12(11)8-14-10-5-9(2)6-10/h7,9-10,14H,4-6,8H2,1-3H3. The lowest BCUT2D eigenvalue weighted by Gasteiger charge is -2.33. The summed E-state index contributed by atoms with van der Waals surface area (Å²) < 4.78 is 6.76. The molecule has 0 spiro atoms. The van der Waals surface area contributed by atoms with Gasteiger partial charge >= 0.3 is 5.97 Å². The van der Waals surface area contributed by atoms with E-state index in [9.17, 15) is 4.79 Å². The molecule has 5 heteroatoms. The number of aryl methyl sites for hydroxylation is 1. The molecule has 0 radical (unpaired) electrons. The van der Waals surface area contributed by atoms with Gasteiger partial charge in [0.1, 0.15) is 5.56 Å². The number of rotatable bonds is 5. The van der Waals surface area contributed by atoms with Crippen LogP contribution in [0.5, 0.6) is 0 Å². The van der Waals surface area contributed by atoms with E-state index in [0.717, 1.165) is 11.6 Å². The second kappa shape index (κ2) is 5.52. The van der Waals surface area contributed by atoms with Gasteiger partial charge in [-0.25, -0.2) is 4.79 Å². The molecule has 0 aliphatic heterocycles. The number of esters is 1. The summed E-state index contributed by atoms with van der Waals surface area (Å²) in [5, 5.41) is 7.59. The van der Waals surface area contributed by atoms with Crippen LogP contribution in [0.4, 0.5) is 0 Å². The van der Waals surface area contributed by atoms with Crippen LogP contribution in [0.2, 0.25) is 0 Å². The molecule has 1 N–H and O–H groups in total. The highest BCUT2D eigenvalue weighted by molar-refractivity contribution is 5.90. The second-order valence-corrected chi connectivity index (χ2v) is 5.00. The Morgan fingerprint density at radius 1 is 1.61 bits per heavy atom. The number of carbonyl (C=O) groups excluding carboxylic acids is 1. The minimum atomic E-state index is -0.288. The van der Waals surface area contributed by atoms with Crippen molar-refractivity contribution < 1.29 is 9.53 Å². The highest BCUT2D eigenvalue weighted by Crippen LogP contribution is 2.26. The number of nitrogens with zero attached hydrogens (tertiary/aromatic N) is 2. The fraction of sp³-hybridized carbons (Fsp3) is 0.692. The van der Waals surface area contributed by atoms with Gasteiger partial charge in [0.2, 0.25) is 0 Å². The Morgan fingerprint density at radius 2 is 2.33 bits per heavy atom. The SMILES string of the molecule is CCOC(=O)c1cnn(C)c1CNC1CC(C)C1. The molecule has 0 aromatic carbocycles. The maximum absolute atomic E-state index is 11.8. The largest absolute Gasteiger partial charge is 0.462 e. The summed E-state index contributed by atoms with van der Waals surface area (Å²) in [6, 6.07) is 0.574. The van der Waals surface area contributed by atoms with E-state index >= 15 is 0 Å². The molecular weight excluding hydrogens is 230 g/mol. The molecule has 2 rings (SSSR count). The van der Waals surface area contributed by atoms with Crippen LogP contribution < -0.4 is 5.32 Å². The first-order valence-electron chi connectivity index (χ1n) is 6.53. The van der Waals surface area contributed by atoms with Gasteiger partial charge in [-0.3, -0.25) is 4.68 Å². The number of nitrogens with one attached hydrogen (secondary N) is 1. The Labute approximate surface area is 108 Å². The lowest BCUT2D eigenvalue weighted by molar-refractivity contribution is 0.0524. The van der Waals surface area contributed by atoms with Crippen molar-refractivity contribution in [3.05, 3.63) is 17.5 Å². The molecular formula is C13H21N3O2. The number of carbonyl (C=O) groups is 1. The average molecular weight is 251 g/mol. The van der Waals surface area contributed by atoms with E-state index < -0.39 is 0 Å². The molecule has 1 aromatic heterocycles. The third-order valence-corrected chi connectivity index (χ3v) is 3.49. The number of aromatic nitrogens is 2. The van der Waals surface area contributed by atoms with Crippen molar-refractivity contribution in [2.45, 2.75) is 39.3 Å². The van der Waals surface area contributed by atoms with Gasteiger partial charge in [-0.05, 0) is 25.7 Å². The van der Waals surface area contributed by atoms with Gasteiger partial charge in [0.15, 0.2) is 0 Å². The zero-order valence-electron chi connectivity index (χ0n) is 11.3. The molecule has 1 fully saturated rings. The van der Waals surface area contributed by atoms with Crippen molar-refractivity contribution in [2.24, 2.45) is 13.0 Å². The monoisotopic (exact) mass is 251 g/mol. The third-order valence-electron chi connectivity index (χ3n) is 3.49. The van der Waals surface area contributed by atoms with Crippen LogP contribution in [0.3, 0.4) is 0 Å². The summed E-state index contributed by atoms with van der Waals surface area (Å²) in [6.07, 6.45) is 4.01. The minimum absolute atomic E-state index is 0.288. The molecule has 1 aromatic rings. The topological polar surface area (TPSA) is 56.1 Å². The lowest BCUT2D eigenvalue weighted by atomic mass is 9.82. The van der Waals surface area contributed by atoms with E-state index in [2.05, 4.69) is 17.3 Å². The zero-order valence-corrected chi connectivity index (χ0v) is 11.3. The first kappa shape index (κ1) is 13.1. The van der Waals surface area contributed by atoms with E-state index in [1.165, 1.54) is 12.8 Å². The van der Waals surface area contributed by atoms with Crippen LogP contribution in [0, 0.1) is 5.92 Å². The van der Waals surface area contributed by atoms with E-state index in [0.29, 0.717) is 24.8 Å². The van der Waals surface area contributed by atoms with Crippen LogP contribution in [0.1, 0.15) is 42.7 Å². The van der Waals surface area contributed by atoms with Crippen molar-refractivity contribution >= 4 is 5.97 Å². The normalized spacial score (nSPS) is 22.6. The zero-order chi connectivity index (χ0) is 13.1. The summed E-state index contributed by atoms with van der Waals surface area (Å²) in [4.78, 5) is 11.8. The molecule has 0 atom stereocenters. The van der Waals surface area contributed by atoms with Crippen molar-refractivity contribution in [1.82, 2.24) is 15.1 Å². The second-order valence-electron chi connectivity index (χ2n) is 5.00.